The lowest BCUT2D eigenvalue weighted by atomic mass is 9.83. The molecule has 0 aliphatic carbocycles. The van der Waals surface area contributed by atoms with Gasteiger partial charge in [0.1, 0.15) is 11.4 Å². The third-order valence-electron chi connectivity index (χ3n) is 7.03. The van der Waals surface area contributed by atoms with Gasteiger partial charge in [0.2, 0.25) is 5.90 Å². The van der Waals surface area contributed by atoms with Crippen molar-refractivity contribution in [1.29, 1.82) is 0 Å². The number of hydrogen-bond acceptors (Lipinski definition) is 8. The van der Waals surface area contributed by atoms with E-state index < -0.39 is 29.1 Å². The molecule has 45 heavy (non-hydrogen) atoms. The van der Waals surface area contributed by atoms with E-state index in [0.717, 1.165) is 10.0 Å². The summed E-state index contributed by atoms with van der Waals surface area (Å²) in [6.45, 7) is 6.23. The molecule has 0 fully saturated rings. The molecule has 0 unspecified atom stereocenters. The number of aliphatic hydroxyl groups is 1. The van der Waals surface area contributed by atoms with Gasteiger partial charge in [-0.1, -0.05) is 63.9 Å². The Bertz CT molecular complexity index is 1490. The number of hydrogen-bond donors (Lipinski definition) is 3. The molecule has 3 aromatic rings. The first kappa shape index (κ1) is 34.4. The number of aliphatic imine (C=N–C) groups is 1. The standard InChI is InChI=1S/C34H39BrClN3O6/c1-33(2,3)45-29(41)17-19-34(32(42)39-37-20-18-23-9-4-7-12-28(23)36)30(26-10-5-6-11-27(26)35)44-31(38-34)24-13-15-25(16-14-24)43-22-8-21-40/h4-7,9-16,30,37,40H,8,17-22H2,1-3H3,(H,39,42)/t30-,34-/m0/s1. The van der Waals surface area contributed by atoms with Crippen LogP contribution >= 0.6 is 27.5 Å². The minimum absolute atomic E-state index is 0.0256. The quantitative estimate of drug-likeness (QED) is 0.106. The summed E-state index contributed by atoms with van der Waals surface area (Å²) >= 11 is 9.93. The van der Waals surface area contributed by atoms with Crippen LogP contribution in [0.1, 0.15) is 62.8 Å². The minimum Gasteiger partial charge on any atom is -0.494 e. The Morgan fingerprint density at radius 3 is 2.47 bits per heavy atom. The zero-order chi connectivity index (χ0) is 32.5. The summed E-state index contributed by atoms with van der Waals surface area (Å²) in [7, 11) is 0. The van der Waals surface area contributed by atoms with Crippen molar-refractivity contribution in [3.63, 3.8) is 0 Å². The number of amides is 1. The zero-order valence-electron chi connectivity index (χ0n) is 25.6. The molecular formula is C34H39BrClN3O6. The molecule has 3 aromatic carbocycles. The predicted octanol–water partition coefficient (Wildman–Crippen LogP) is 6.11. The first-order valence-electron chi connectivity index (χ1n) is 14.9. The fourth-order valence-corrected chi connectivity index (χ4v) is 5.59. The monoisotopic (exact) mass is 699 g/mol. The molecule has 240 valence electrons. The van der Waals surface area contributed by atoms with Crippen LogP contribution in [0.5, 0.6) is 5.75 Å². The molecule has 9 nitrogen and oxygen atoms in total. The van der Waals surface area contributed by atoms with Crippen molar-refractivity contribution < 1.29 is 28.9 Å². The molecule has 11 heteroatoms. The van der Waals surface area contributed by atoms with Crippen LogP contribution in [0.2, 0.25) is 5.02 Å². The highest BCUT2D eigenvalue weighted by Crippen LogP contribution is 2.45. The third kappa shape index (κ3) is 9.29. The third-order valence-corrected chi connectivity index (χ3v) is 8.12. The largest absolute Gasteiger partial charge is 0.494 e. The van der Waals surface area contributed by atoms with Crippen molar-refractivity contribution in [2.75, 3.05) is 19.8 Å². The first-order valence-corrected chi connectivity index (χ1v) is 16.0. The van der Waals surface area contributed by atoms with Crippen LogP contribution < -0.4 is 15.6 Å². The first-order chi connectivity index (χ1) is 21.5. The average molecular weight is 701 g/mol. The number of carbonyl (C=O) groups is 2. The SMILES string of the molecule is CC(C)(C)OC(=O)CC[C@]1(C(=O)NNCCc2ccccc2Cl)N=C(c2ccc(OCCCO)cc2)O[C@H]1c1ccccc1Br. The number of aliphatic hydroxyl groups excluding tert-OH is 1. The van der Waals surface area contributed by atoms with Crippen molar-refractivity contribution >= 4 is 45.3 Å². The number of nitrogens with zero attached hydrogens (tertiary/aromatic N) is 1. The highest BCUT2D eigenvalue weighted by atomic mass is 79.9. The lowest BCUT2D eigenvalue weighted by Gasteiger charge is -2.31. The van der Waals surface area contributed by atoms with E-state index in [1.54, 1.807) is 45.0 Å². The Labute approximate surface area is 277 Å². The van der Waals surface area contributed by atoms with Crippen LogP contribution in [-0.2, 0) is 25.5 Å². The van der Waals surface area contributed by atoms with Crippen LogP contribution in [0.4, 0.5) is 0 Å². The lowest BCUT2D eigenvalue weighted by Crippen LogP contribution is -2.53. The van der Waals surface area contributed by atoms with Gasteiger partial charge in [-0.15, -0.1) is 0 Å². The van der Waals surface area contributed by atoms with E-state index in [9.17, 15) is 9.59 Å². The van der Waals surface area contributed by atoms with E-state index in [1.165, 1.54) is 0 Å². The Morgan fingerprint density at radius 1 is 1.07 bits per heavy atom. The molecule has 0 aromatic heterocycles. The Kier molecular flexibility index (Phi) is 12.0. The number of ether oxygens (including phenoxy) is 3. The van der Waals surface area contributed by atoms with Crippen molar-refractivity contribution in [2.24, 2.45) is 4.99 Å². The predicted molar refractivity (Wildman–Crippen MR) is 177 cm³/mol. The minimum atomic E-state index is -1.52. The van der Waals surface area contributed by atoms with E-state index in [2.05, 4.69) is 26.8 Å². The number of esters is 1. The molecule has 4 rings (SSSR count). The second-order valence-corrected chi connectivity index (χ2v) is 12.9. The van der Waals surface area contributed by atoms with Gasteiger partial charge in [-0.25, -0.2) is 10.4 Å². The maximum Gasteiger partial charge on any atom is 0.306 e. The molecule has 0 radical (unpaired) electrons. The Morgan fingerprint density at radius 2 is 1.78 bits per heavy atom. The van der Waals surface area contributed by atoms with Gasteiger partial charge < -0.3 is 19.3 Å². The zero-order valence-corrected chi connectivity index (χ0v) is 28.0. The molecule has 3 N–H and O–H groups in total. The highest BCUT2D eigenvalue weighted by molar-refractivity contribution is 9.10. The second-order valence-electron chi connectivity index (χ2n) is 11.6. The molecule has 0 spiro atoms. The molecule has 0 bridgehead atoms. The van der Waals surface area contributed by atoms with Gasteiger partial charge in [-0.3, -0.25) is 15.0 Å². The summed E-state index contributed by atoms with van der Waals surface area (Å²) in [5.74, 6) is -0.0111. The molecule has 1 amide bonds. The second kappa shape index (κ2) is 15.7. The maximum absolute atomic E-state index is 14.2. The van der Waals surface area contributed by atoms with E-state index in [4.69, 9.17) is 35.9 Å². The number of halogens is 2. The fourth-order valence-electron chi connectivity index (χ4n) is 4.87. The molecule has 1 heterocycles. The van der Waals surface area contributed by atoms with Gasteiger partial charge in [0, 0.05) is 46.6 Å². The van der Waals surface area contributed by atoms with Crippen molar-refractivity contribution in [3.05, 3.63) is 99.0 Å². The van der Waals surface area contributed by atoms with E-state index in [-0.39, 0.29) is 25.3 Å². The molecule has 1 aliphatic heterocycles. The molecule has 0 saturated carbocycles. The van der Waals surface area contributed by atoms with Gasteiger partial charge >= 0.3 is 5.97 Å². The van der Waals surface area contributed by atoms with Crippen LogP contribution in [0.15, 0.2) is 82.3 Å². The van der Waals surface area contributed by atoms with E-state index >= 15 is 0 Å². The van der Waals surface area contributed by atoms with Gasteiger partial charge in [0.25, 0.3) is 5.91 Å². The molecule has 2 atom stereocenters. The summed E-state index contributed by atoms with van der Waals surface area (Å²) in [6.07, 6.45) is 0.195. The van der Waals surface area contributed by atoms with Gasteiger partial charge in [0.15, 0.2) is 11.6 Å². The van der Waals surface area contributed by atoms with Crippen LogP contribution in [0.25, 0.3) is 0 Å². The lowest BCUT2D eigenvalue weighted by molar-refractivity contribution is -0.155. The van der Waals surface area contributed by atoms with Crippen molar-refractivity contribution in [2.45, 2.75) is 63.7 Å². The number of nitrogens with one attached hydrogen (secondary N) is 2. The number of carbonyl (C=O) groups excluding carboxylic acids is 2. The fraction of sp³-hybridized carbons (Fsp3) is 0.382. The van der Waals surface area contributed by atoms with Crippen LogP contribution in [-0.4, -0.2) is 53.8 Å². The number of rotatable bonds is 14. The normalized spacial score (nSPS) is 17.7. The summed E-state index contributed by atoms with van der Waals surface area (Å²) < 4.78 is 18.5. The van der Waals surface area contributed by atoms with E-state index in [1.807, 2.05) is 48.5 Å². The summed E-state index contributed by atoms with van der Waals surface area (Å²) in [5, 5.41) is 9.69. The maximum atomic E-state index is 14.2. The summed E-state index contributed by atoms with van der Waals surface area (Å²) in [6, 6.07) is 22.2. The highest BCUT2D eigenvalue weighted by Gasteiger charge is 2.54. The Hall–Kier alpha value is -3.44. The van der Waals surface area contributed by atoms with Crippen molar-refractivity contribution in [1.82, 2.24) is 10.9 Å². The number of benzene rings is 3. The van der Waals surface area contributed by atoms with Gasteiger partial charge in [-0.05, 0) is 75.6 Å². The average Bonchev–Trinajstić information content (AvgIpc) is 3.39. The molecule has 1 aliphatic rings. The molecule has 0 saturated heterocycles. The molecular weight excluding hydrogens is 662 g/mol. The van der Waals surface area contributed by atoms with Crippen LogP contribution in [0.3, 0.4) is 0 Å². The van der Waals surface area contributed by atoms with Gasteiger partial charge in [-0.2, -0.15) is 0 Å². The summed E-state index contributed by atoms with van der Waals surface area (Å²) in [5.41, 5.74) is 5.92. The summed E-state index contributed by atoms with van der Waals surface area (Å²) in [4.78, 5) is 32.1. The van der Waals surface area contributed by atoms with Gasteiger partial charge in [0.05, 0.1) is 6.61 Å². The Balaban J connectivity index is 1.66. The topological polar surface area (TPSA) is 118 Å². The number of hydrazine groups is 1. The smallest absolute Gasteiger partial charge is 0.306 e. The van der Waals surface area contributed by atoms with Crippen molar-refractivity contribution in [3.8, 4) is 5.75 Å². The van der Waals surface area contributed by atoms with Crippen LogP contribution in [0, 0.1) is 0 Å². The van der Waals surface area contributed by atoms with E-state index in [0.29, 0.717) is 47.9 Å².